The summed E-state index contributed by atoms with van der Waals surface area (Å²) in [5, 5.41) is 4.77. The lowest BCUT2D eigenvalue weighted by molar-refractivity contribution is -0.163. The largest absolute Gasteiger partial charge is 0.439 e. The van der Waals surface area contributed by atoms with Gasteiger partial charge in [-0.15, -0.1) is 0 Å². The molecule has 0 amide bonds. The summed E-state index contributed by atoms with van der Waals surface area (Å²) in [5.74, 6) is 1.91. The molecule has 2 unspecified atom stereocenters. The maximum absolute atomic E-state index is 13.6. The molecule has 5 heterocycles. The first-order valence-electron chi connectivity index (χ1n) is 23.1. The number of nitrogens with one attached hydrogen (secondary N) is 1. The maximum atomic E-state index is 13.6. The van der Waals surface area contributed by atoms with Crippen LogP contribution in [0.2, 0.25) is 10.0 Å². The molecule has 2 aliphatic heterocycles. The van der Waals surface area contributed by atoms with Crippen molar-refractivity contribution < 1.29 is 23.7 Å². The summed E-state index contributed by atoms with van der Waals surface area (Å²) < 4.78 is 33.6. The molecule has 20 heteroatoms. The first kappa shape index (κ1) is 51.3. The fraction of sp³-hybridized carbons (Fsp3) is 0.408. The van der Waals surface area contributed by atoms with Gasteiger partial charge < -0.3 is 29.0 Å². The second-order valence-corrected chi connectivity index (χ2v) is 18.2. The first-order valence-corrected chi connectivity index (χ1v) is 24.8. The Balaban J connectivity index is 0.000000215. The standard InChI is InChI=1S/C29H30ClN5O5.C20H26ClN3O4S/c30-22-10-8-21(9-11-22)20-35-27(32-23-12-14-24(15-13-23)40-25-6-1-3-16-31-25)33-28(36)34(29(35)37)17-5-19-39-26-7-2-4-18-38-26;1-2-29-19-22-18(25)23(11-5-13-28-17-6-3-4-12-27-17)20(26)24(19)14-15-7-9-16(21)10-8-15/h1,3,6,8-16,26H,2,4-5,7,17-20H2,(H,32,33,36);7-10,17H,2-6,11-14H2,1H3. The molecule has 366 valence electrons. The predicted octanol–water partition coefficient (Wildman–Crippen LogP) is 8.12. The van der Waals surface area contributed by atoms with Gasteiger partial charge in [-0.25, -0.2) is 33.3 Å². The Morgan fingerprint density at radius 3 is 1.74 bits per heavy atom. The van der Waals surface area contributed by atoms with Crippen LogP contribution in [0.1, 0.15) is 69.4 Å². The molecule has 3 aromatic heterocycles. The van der Waals surface area contributed by atoms with Crippen molar-refractivity contribution in [3.8, 4) is 11.6 Å². The van der Waals surface area contributed by atoms with Crippen molar-refractivity contribution in [1.82, 2.24) is 33.2 Å². The van der Waals surface area contributed by atoms with Gasteiger partial charge in [-0.1, -0.05) is 72.2 Å². The predicted molar refractivity (Wildman–Crippen MR) is 265 cm³/mol. The molecule has 6 aromatic rings. The third-order valence-corrected chi connectivity index (χ3v) is 12.3. The van der Waals surface area contributed by atoms with Crippen LogP contribution in [0.4, 0.5) is 11.6 Å². The van der Waals surface area contributed by atoms with E-state index in [9.17, 15) is 19.2 Å². The number of rotatable bonds is 20. The fourth-order valence-corrected chi connectivity index (χ4v) is 8.36. The summed E-state index contributed by atoms with van der Waals surface area (Å²) in [6, 6.07) is 26.9. The fourth-order valence-electron chi connectivity index (χ4n) is 7.40. The average Bonchev–Trinajstić information content (AvgIpc) is 3.36. The van der Waals surface area contributed by atoms with Crippen LogP contribution in [0.3, 0.4) is 0 Å². The molecule has 8 rings (SSSR count). The molecule has 2 atom stereocenters. The number of nitrogens with zero attached hydrogens (tertiary/aromatic N) is 7. The van der Waals surface area contributed by atoms with E-state index in [0.717, 1.165) is 60.8 Å². The van der Waals surface area contributed by atoms with Crippen molar-refractivity contribution in [1.29, 1.82) is 0 Å². The van der Waals surface area contributed by atoms with Crippen LogP contribution < -0.4 is 32.8 Å². The normalized spacial score (nSPS) is 15.8. The zero-order chi connectivity index (χ0) is 48.4. The minimum Gasteiger partial charge on any atom is -0.439 e. The van der Waals surface area contributed by atoms with Crippen LogP contribution in [0.5, 0.6) is 11.6 Å². The summed E-state index contributed by atoms with van der Waals surface area (Å²) in [7, 11) is 0. The van der Waals surface area contributed by atoms with Gasteiger partial charge in [-0.05, 0) is 123 Å². The van der Waals surface area contributed by atoms with E-state index in [1.165, 1.54) is 20.9 Å². The van der Waals surface area contributed by atoms with Crippen molar-refractivity contribution in [2.45, 2.75) is 102 Å². The van der Waals surface area contributed by atoms with E-state index in [2.05, 4.69) is 20.3 Å². The molecule has 2 saturated heterocycles. The van der Waals surface area contributed by atoms with Gasteiger partial charge in [-0.2, -0.15) is 9.97 Å². The van der Waals surface area contributed by atoms with E-state index >= 15 is 0 Å². The minimum atomic E-state index is -0.635. The third kappa shape index (κ3) is 15.4. The van der Waals surface area contributed by atoms with Gasteiger partial charge in [0.05, 0.1) is 26.3 Å². The Labute approximate surface area is 413 Å². The van der Waals surface area contributed by atoms with Crippen molar-refractivity contribution >= 4 is 46.6 Å². The lowest BCUT2D eigenvalue weighted by atomic mass is 10.2. The van der Waals surface area contributed by atoms with Gasteiger partial charge in [0.25, 0.3) is 0 Å². The number of benzene rings is 3. The molecule has 0 spiro atoms. The summed E-state index contributed by atoms with van der Waals surface area (Å²) >= 11 is 13.4. The zero-order valence-electron chi connectivity index (χ0n) is 38.4. The van der Waals surface area contributed by atoms with Crippen molar-refractivity contribution in [2.24, 2.45) is 0 Å². The number of anilines is 2. The Kier molecular flexibility index (Phi) is 19.6. The molecule has 0 aliphatic carbocycles. The average molecular weight is 1000 g/mol. The van der Waals surface area contributed by atoms with Gasteiger partial charge in [0.15, 0.2) is 17.7 Å². The number of halogens is 2. The Hall–Kier alpha value is -5.60. The SMILES string of the molecule is CCSc1nc(=O)n(CCCOC2CCCCO2)c(=O)n1Cc1ccc(Cl)cc1.O=c1nc(Nc2ccc(Oc3ccccn3)cc2)n(Cc2ccc(Cl)cc2)c(=O)n1CCCOC1CCCCO1. The first-order chi connectivity index (χ1) is 33.6. The lowest BCUT2D eigenvalue weighted by Crippen LogP contribution is -2.43. The number of ether oxygens (including phenoxy) is 5. The van der Waals surface area contributed by atoms with E-state index in [1.807, 2.05) is 43.3 Å². The maximum Gasteiger partial charge on any atom is 0.354 e. The molecular weight excluding hydrogens is 948 g/mol. The lowest BCUT2D eigenvalue weighted by Gasteiger charge is -2.22. The van der Waals surface area contributed by atoms with E-state index in [-0.39, 0.29) is 43.9 Å². The smallest absolute Gasteiger partial charge is 0.354 e. The highest BCUT2D eigenvalue weighted by molar-refractivity contribution is 7.99. The highest BCUT2D eigenvalue weighted by atomic mass is 35.5. The van der Waals surface area contributed by atoms with Crippen molar-refractivity contribution in [3.05, 3.63) is 160 Å². The quantitative estimate of drug-likeness (QED) is 0.0571. The van der Waals surface area contributed by atoms with E-state index < -0.39 is 17.1 Å². The molecule has 69 heavy (non-hydrogen) atoms. The topological polar surface area (TPSA) is 185 Å². The second-order valence-electron chi connectivity index (χ2n) is 16.1. The highest BCUT2D eigenvalue weighted by Gasteiger charge is 2.18. The van der Waals surface area contributed by atoms with Crippen LogP contribution in [0.15, 0.2) is 122 Å². The second kappa shape index (κ2) is 26.4. The molecule has 1 N–H and O–H groups in total. The van der Waals surface area contributed by atoms with Gasteiger partial charge in [-0.3, -0.25) is 9.13 Å². The van der Waals surface area contributed by atoms with E-state index in [4.69, 9.17) is 46.9 Å². The van der Waals surface area contributed by atoms with Gasteiger partial charge >= 0.3 is 22.8 Å². The molecule has 0 radical (unpaired) electrons. The molecule has 0 saturated carbocycles. The number of pyridine rings is 1. The van der Waals surface area contributed by atoms with Crippen LogP contribution in [0.25, 0.3) is 0 Å². The minimum absolute atomic E-state index is 0.131. The Bertz CT molecular complexity index is 2780. The molecule has 17 nitrogen and oxygen atoms in total. The van der Waals surface area contributed by atoms with Crippen LogP contribution in [-0.4, -0.2) is 78.0 Å². The molecule has 0 bridgehead atoms. The Morgan fingerprint density at radius 2 is 1.22 bits per heavy atom. The van der Waals surface area contributed by atoms with Crippen molar-refractivity contribution in [3.63, 3.8) is 0 Å². The molecule has 2 aliphatic rings. The van der Waals surface area contributed by atoms with Crippen LogP contribution in [-0.2, 0) is 45.1 Å². The molecular formula is C49H56Cl2N8O9S. The summed E-state index contributed by atoms with van der Waals surface area (Å²) in [4.78, 5) is 64.5. The molecule has 2 fully saturated rings. The van der Waals surface area contributed by atoms with E-state index in [1.54, 1.807) is 65.4 Å². The highest BCUT2D eigenvalue weighted by Crippen LogP contribution is 2.23. The number of thioether (sulfide) groups is 1. The number of hydrogen-bond donors (Lipinski definition) is 1. The van der Waals surface area contributed by atoms with E-state index in [0.29, 0.717) is 77.5 Å². The monoisotopic (exact) mass is 1000 g/mol. The van der Waals surface area contributed by atoms with Crippen molar-refractivity contribution in [2.75, 3.05) is 37.5 Å². The van der Waals surface area contributed by atoms with Gasteiger partial charge in [0.2, 0.25) is 11.8 Å². The molecule has 3 aromatic carbocycles. The third-order valence-electron chi connectivity index (χ3n) is 11.0. The Morgan fingerprint density at radius 1 is 0.667 bits per heavy atom. The zero-order valence-corrected chi connectivity index (χ0v) is 40.7. The summed E-state index contributed by atoms with van der Waals surface area (Å²) in [6.45, 7) is 5.14. The van der Waals surface area contributed by atoms with Gasteiger partial charge in [0.1, 0.15) is 5.75 Å². The summed E-state index contributed by atoms with van der Waals surface area (Å²) in [6.07, 6.45) is 8.27. The van der Waals surface area contributed by atoms with Crippen LogP contribution in [0, 0.1) is 0 Å². The number of aromatic nitrogens is 7. The van der Waals surface area contributed by atoms with Crippen LogP contribution >= 0.6 is 35.0 Å². The number of hydrogen-bond acceptors (Lipinski definition) is 14. The van der Waals surface area contributed by atoms with Gasteiger partial charge in [0, 0.05) is 54.3 Å². The summed E-state index contributed by atoms with van der Waals surface area (Å²) in [5.41, 5.74) is 0.392.